The lowest BCUT2D eigenvalue weighted by Crippen LogP contribution is -2.02. The number of thiophene rings is 1. The average molecular weight is 745 g/mol. The Bertz CT molecular complexity index is 3460. The number of rotatable bonds is 4. The summed E-state index contributed by atoms with van der Waals surface area (Å²) in [6.07, 6.45) is 0. The van der Waals surface area contributed by atoms with Gasteiger partial charge in [-0.25, -0.2) is 8.42 Å². The molecule has 0 radical (unpaired) electrons. The zero-order valence-electron chi connectivity index (χ0n) is 29.1. The highest BCUT2D eigenvalue weighted by Crippen LogP contribution is 2.40. The van der Waals surface area contributed by atoms with E-state index in [1.165, 1.54) is 20.2 Å². The molecule has 0 amide bonds. The van der Waals surface area contributed by atoms with Gasteiger partial charge in [-0.2, -0.15) is 0 Å². The minimum absolute atomic E-state index is 0.261. The van der Waals surface area contributed by atoms with Gasteiger partial charge in [-0.3, -0.25) is 0 Å². The van der Waals surface area contributed by atoms with Crippen molar-refractivity contribution >= 4 is 107 Å². The molecule has 0 bridgehead atoms. The lowest BCUT2D eigenvalue weighted by molar-refractivity contribution is 0.596. The molecule has 260 valence electrons. The molecular weight excluding hydrogens is 717 g/mol. The van der Waals surface area contributed by atoms with Crippen molar-refractivity contribution in [1.29, 1.82) is 0 Å². The monoisotopic (exact) mass is 744 g/mol. The van der Waals surface area contributed by atoms with Crippen molar-refractivity contribution in [2.24, 2.45) is 0 Å². The summed E-state index contributed by atoms with van der Waals surface area (Å²) >= 11 is 1.80. The molecule has 55 heavy (non-hydrogen) atoms. The molecule has 0 N–H and O–H groups in total. The van der Waals surface area contributed by atoms with E-state index >= 15 is 0 Å². The Kier molecular flexibility index (Phi) is 6.25. The largest absolute Gasteiger partial charge is 0.456 e. The van der Waals surface area contributed by atoms with Crippen LogP contribution in [0.3, 0.4) is 0 Å². The summed E-state index contributed by atoms with van der Waals surface area (Å²) in [6, 6.07) is 56.9. The zero-order chi connectivity index (χ0) is 36.4. The smallest absolute Gasteiger partial charge is 0.206 e. The Hall–Kier alpha value is -6.67. The molecule has 0 atom stereocenters. The van der Waals surface area contributed by atoms with Crippen LogP contribution in [-0.2, 0) is 9.84 Å². The predicted molar refractivity (Wildman–Crippen MR) is 227 cm³/mol. The third kappa shape index (κ3) is 4.36. The van der Waals surface area contributed by atoms with Crippen LogP contribution in [0.15, 0.2) is 184 Å². The van der Waals surface area contributed by atoms with Crippen LogP contribution >= 0.6 is 11.3 Å². The molecule has 8 aromatic carbocycles. The fourth-order valence-corrected chi connectivity index (χ4v) is 11.0. The summed E-state index contributed by atoms with van der Waals surface area (Å²) < 4.78 is 42.3. The fourth-order valence-electron chi connectivity index (χ4n) is 8.64. The normalized spacial score (nSPS) is 12.5. The molecular formula is C48H28N2O3S2. The van der Waals surface area contributed by atoms with E-state index in [2.05, 4.69) is 94.1 Å². The molecule has 0 saturated heterocycles. The quantitative estimate of drug-likeness (QED) is 0.180. The maximum Gasteiger partial charge on any atom is 0.206 e. The van der Waals surface area contributed by atoms with E-state index < -0.39 is 9.84 Å². The first-order valence-corrected chi connectivity index (χ1v) is 20.5. The molecule has 12 rings (SSSR count). The molecule has 0 unspecified atom stereocenters. The van der Waals surface area contributed by atoms with E-state index in [1.807, 2.05) is 72.8 Å². The number of furan rings is 1. The maximum atomic E-state index is 14.6. The van der Waals surface area contributed by atoms with Gasteiger partial charge in [0.15, 0.2) is 0 Å². The summed E-state index contributed by atoms with van der Waals surface area (Å²) in [5, 5.41) is 8.32. The summed E-state index contributed by atoms with van der Waals surface area (Å²) in [5.74, 6) is 0. The molecule has 4 aromatic heterocycles. The number of aromatic nitrogens is 2. The number of hydrogen-bond donors (Lipinski definition) is 0. The second-order valence-corrected chi connectivity index (χ2v) is 17.2. The predicted octanol–water partition coefficient (Wildman–Crippen LogP) is 13.0. The molecule has 7 heteroatoms. The van der Waals surface area contributed by atoms with Crippen molar-refractivity contribution in [3.63, 3.8) is 0 Å². The molecule has 0 fully saturated rings. The number of para-hydroxylation sites is 3. The first-order valence-electron chi connectivity index (χ1n) is 18.2. The van der Waals surface area contributed by atoms with Gasteiger partial charge in [0.1, 0.15) is 11.2 Å². The van der Waals surface area contributed by atoms with Gasteiger partial charge in [-0.1, -0.05) is 72.8 Å². The van der Waals surface area contributed by atoms with E-state index in [9.17, 15) is 8.42 Å². The Balaban J connectivity index is 1.01. The Labute approximate surface area is 318 Å². The minimum atomic E-state index is -3.89. The van der Waals surface area contributed by atoms with Crippen LogP contribution < -0.4 is 0 Å². The number of hydrogen-bond acceptors (Lipinski definition) is 4. The van der Waals surface area contributed by atoms with Crippen molar-refractivity contribution < 1.29 is 12.8 Å². The van der Waals surface area contributed by atoms with E-state index in [0.717, 1.165) is 76.9 Å². The Morgan fingerprint density at radius 1 is 0.382 bits per heavy atom. The van der Waals surface area contributed by atoms with Crippen LogP contribution in [-0.4, -0.2) is 17.6 Å². The van der Waals surface area contributed by atoms with Gasteiger partial charge < -0.3 is 13.6 Å². The second-order valence-electron chi connectivity index (χ2n) is 14.1. The van der Waals surface area contributed by atoms with Crippen LogP contribution in [0.5, 0.6) is 0 Å². The standard InChI is InChI=1S/C48H28N2O3S2/c51-55(52,31-19-21-43-37(27-31)33-9-1-5-13-41(33)49(43)29-17-23-46-39(25-29)35-11-3-7-15-45(35)53-46)32-20-22-44-38(28-32)34-10-2-6-14-42(34)50(44)30-18-24-48-40(26-30)36-12-4-8-16-47(36)54-48/h1-28H. The van der Waals surface area contributed by atoms with Crippen molar-refractivity contribution in [1.82, 2.24) is 9.13 Å². The van der Waals surface area contributed by atoms with Crippen LogP contribution in [0.2, 0.25) is 0 Å². The van der Waals surface area contributed by atoms with Gasteiger partial charge in [0.05, 0.1) is 31.9 Å². The maximum absolute atomic E-state index is 14.6. The molecule has 0 aliphatic carbocycles. The SMILES string of the molecule is O=S(=O)(c1ccc2c(c1)c1ccccc1n2-c1ccc2oc3ccccc3c2c1)c1ccc2c(c1)c1ccccc1n2-c1ccc2sc3ccccc3c2c1. The molecule has 12 aromatic rings. The van der Waals surface area contributed by atoms with Gasteiger partial charge in [0.25, 0.3) is 0 Å². The van der Waals surface area contributed by atoms with Gasteiger partial charge in [-0.05, 0) is 97.1 Å². The molecule has 0 spiro atoms. The fraction of sp³-hybridized carbons (Fsp3) is 0. The molecule has 5 nitrogen and oxygen atoms in total. The summed E-state index contributed by atoms with van der Waals surface area (Å²) in [5.41, 5.74) is 7.62. The van der Waals surface area contributed by atoms with Crippen molar-refractivity contribution in [2.75, 3.05) is 0 Å². The lowest BCUT2D eigenvalue weighted by Gasteiger charge is -2.10. The second kappa shape index (κ2) is 11.2. The third-order valence-corrected chi connectivity index (χ3v) is 14.0. The van der Waals surface area contributed by atoms with Crippen LogP contribution in [0.4, 0.5) is 0 Å². The van der Waals surface area contributed by atoms with Crippen molar-refractivity contribution in [2.45, 2.75) is 9.79 Å². The van der Waals surface area contributed by atoms with Crippen LogP contribution in [0.25, 0.3) is 97.1 Å². The van der Waals surface area contributed by atoms with E-state index in [-0.39, 0.29) is 9.79 Å². The van der Waals surface area contributed by atoms with E-state index in [1.54, 1.807) is 23.5 Å². The first-order chi connectivity index (χ1) is 27.0. The molecule has 0 saturated carbocycles. The van der Waals surface area contributed by atoms with Crippen LogP contribution in [0, 0.1) is 0 Å². The highest BCUT2D eigenvalue weighted by molar-refractivity contribution is 7.91. The van der Waals surface area contributed by atoms with Gasteiger partial charge in [-0.15, -0.1) is 11.3 Å². The Morgan fingerprint density at radius 3 is 1.55 bits per heavy atom. The van der Waals surface area contributed by atoms with E-state index in [0.29, 0.717) is 0 Å². The number of nitrogens with zero attached hydrogens (tertiary/aromatic N) is 2. The van der Waals surface area contributed by atoms with E-state index in [4.69, 9.17) is 4.42 Å². The van der Waals surface area contributed by atoms with Crippen molar-refractivity contribution in [3.05, 3.63) is 170 Å². The molecule has 0 aliphatic heterocycles. The summed E-state index contributed by atoms with van der Waals surface area (Å²) in [6.45, 7) is 0. The number of benzene rings is 8. The highest BCUT2D eigenvalue weighted by atomic mass is 32.2. The number of fused-ring (bicyclic) bond motifs is 12. The molecule has 4 heterocycles. The summed E-state index contributed by atoms with van der Waals surface area (Å²) in [7, 11) is -3.89. The van der Waals surface area contributed by atoms with Crippen molar-refractivity contribution in [3.8, 4) is 11.4 Å². The molecule has 0 aliphatic rings. The Morgan fingerprint density at radius 2 is 0.873 bits per heavy atom. The van der Waals surface area contributed by atoms with Gasteiger partial charge in [0, 0.05) is 63.9 Å². The lowest BCUT2D eigenvalue weighted by atomic mass is 10.1. The number of sulfone groups is 1. The topological polar surface area (TPSA) is 57.1 Å². The first kappa shape index (κ1) is 30.8. The average Bonchev–Trinajstić information content (AvgIpc) is 3.97. The third-order valence-electron chi connectivity index (χ3n) is 11.1. The summed E-state index contributed by atoms with van der Waals surface area (Å²) in [4.78, 5) is 0.527. The highest BCUT2D eigenvalue weighted by Gasteiger charge is 2.23. The van der Waals surface area contributed by atoms with Gasteiger partial charge in [0.2, 0.25) is 9.84 Å². The minimum Gasteiger partial charge on any atom is -0.456 e. The zero-order valence-corrected chi connectivity index (χ0v) is 30.7. The van der Waals surface area contributed by atoms with Gasteiger partial charge >= 0.3 is 0 Å². The van der Waals surface area contributed by atoms with Crippen LogP contribution in [0.1, 0.15) is 0 Å².